The molecule has 3 aromatic rings. The summed E-state index contributed by atoms with van der Waals surface area (Å²) >= 11 is 0. The largest absolute Gasteiger partial charge is 0.493 e. The second-order valence-corrected chi connectivity index (χ2v) is 11.0. The lowest BCUT2D eigenvalue weighted by Crippen LogP contribution is -2.23. The van der Waals surface area contributed by atoms with E-state index in [4.69, 9.17) is 4.74 Å². The van der Waals surface area contributed by atoms with Gasteiger partial charge in [0.05, 0.1) is 17.2 Å². The van der Waals surface area contributed by atoms with Gasteiger partial charge in [0.15, 0.2) is 9.84 Å². The van der Waals surface area contributed by atoms with Gasteiger partial charge in [-0.2, -0.15) is 5.10 Å². The summed E-state index contributed by atoms with van der Waals surface area (Å²) in [6.45, 7) is 2.34. The van der Waals surface area contributed by atoms with E-state index in [0.717, 1.165) is 11.1 Å². The molecule has 0 saturated heterocycles. The van der Waals surface area contributed by atoms with Crippen LogP contribution in [-0.4, -0.2) is 49.7 Å². The standard InChI is InChI=1S/C20H24N4O5S2/c1-2-30(25,26)12-11-29-19-7-9-20(10-8-19)31(27,28)23-13-17-3-5-18(6-4-17)14-24-16-21-15-22-24/h3-10,15-16,23H,2,11-14H2,1H3. The average molecular weight is 465 g/mol. The minimum Gasteiger partial charge on any atom is -0.493 e. The molecule has 0 radical (unpaired) electrons. The van der Waals surface area contributed by atoms with Crippen molar-refractivity contribution < 1.29 is 21.6 Å². The maximum absolute atomic E-state index is 12.5. The average Bonchev–Trinajstić information content (AvgIpc) is 3.27. The highest BCUT2D eigenvalue weighted by molar-refractivity contribution is 7.91. The molecule has 3 rings (SSSR count). The highest BCUT2D eigenvalue weighted by Gasteiger charge is 2.14. The SMILES string of the molecule is CCS(=O)(=O)CCOc1ccc(S(=O)(=O)NCc2ccc(Cn3cncn3)cc2)cc1. The van der Waals surface area contributed by atoms with Gasteiger partial charge >= 0.3 is 0 Å². The van der Waals surface area contributed by atoms with E-state index >= 15 is 0 Å². The van der Waals surface area contributed by atoms with Crippen LogP contribution < -0.4 is 9.46 Å². The molecule has 1 N–H and O–H groups in total. The van der Waals surface area contributed by atoms with Crippen LogP contribution in [0, 0.1) is 0 Å². The summed E-state index contributed by atoms with van der Waals surface area (Å²) in [4.78, 5) is 4.00. The van der Waals surface area contributed by atoms with Crippen LogP contribution in [0.3, 0.4) is 0 Å². The van der Waals surface area contributed by atoms with Crippen molar-refractivity contribution in [1.82, 2.24) is 19.5 Å². The lowest BCUT2D eigenvalue weighted by atomic mass is 10.1. The van der Waals surface area contributed by atoms with Gasteiger partial charge in [0.2, 0.25) is 10.0 Å². The number of benzene rings is 2. The van der Waals surface area contributed by atoms with E-state index in [1.54, 1.807) is 17.9 Å². The van der Waals surface area contributed by atoms with Crippen LogP contribution in [-0.2, 0) is 33.0 Å². The van der Waals surface area contributed by atoms with E-state index in [1.165, 1.54) is 30.6 Å². The van der Waals surface area contributed by atoms with E-state index in [2.05, 4.69) is 14.8 Å². The minimum atomic E-state index is -3.70. The maximum Gasteiger partial charge on any atom is 0.240 e. The highest BCUT2D eigenvalue weighted by Crippen LogP contribution is 2.16. The Morgan fingerprint density at radius 1 is 0.968 bits per heavy atom. The molecule has 0 bridgehead atoms. The Kier molecular flexibility index (Phi) is 7.42. The summed E-state index contributed by atoms with van der Waals surface area (Å²) in [5.74, 6) is 0.389. The maximum atomic E-state index is 12.5. The molecular formula is C20H24N4O5S2. The summed E-state index contributed by atoms with van der Waals surface area (Å²) in [7, 11) is -6.81. The van der Waals surface area contributed by atoms with Gasteiger partial charge < -0.3 is 4.74 Å². The third-order valence-corrected chi connectivity index (χ3v) is 7.62. The van der Waals surface area contributed by atoms with Crippen LogP contribution in [0.4, 0.5) is 0 Å². The van der Waals surface area contributed by atoms with Crippen molar-refractivity contribution in [2.45, 2.75) is 24.9 Å². The fraction of sp³-hybridized carbons (Fsp3) is 0.300. The number of aromatic nitrogens is 3. The zero-order valence-corrected chi connectivity index (χ0v) is 18.6. The molecule has 0 aliphatic heterocycles. The monoisotopic (exact) mass is 464 g/mol. The third kappa shape index (κ3) is 6.88. The number of ether oxygens (including phenoxy) is 1. The summed E-state index contributed by atoms with van der Waals surface area (Å²) in [6, 6.07) is 13.4. The molecule has 1 aromatic heterocycles. The molecule has 0 aliphatic carbocycles. The molecule has 0 atom stereocenters. The van der Waals surface area contributed by atoms with Gasteiger partial charge in [0.25, 0.3) is 0 Å². The number of nitrogens with one attached hydrogen (secondary N) is 1. The number of sulfone groups is 1. The predicted octanol–water partition coefficient (Wildman–Crippen LogP) is 1.62. The number of sulfonamides is 1. The molecule has 2 aromatic carbocycles. The van der Waals surface area contributed by atoms with E-state index in [-0.39, 0.29) is 29.6 Å². The quantitative estimate of drug-likeness (QED) is 0.458. The van der Waals surface area contributed by atoms with Gasteiger partial charge in [-0.1, -0.05) is 31.2 Å². The molecule has 1 heterocycles. The Bertz CT molecular complexity index is 1180. The van der Waals surface area contributed by atoms with Gasteiger partial charge in [-0.25, -0.2) is 31.2 Å². The van der Waals surface area contributed by atoms with Gasteiger partial charge in [-0.15, -0.1) is 0 Å². The van der Waals surface area contributed by atoms with Crippen LogP contribution in [0.15, 0.2) is 66.1 Å². The van der Waals surface area contributed by atoms with E-state index in [1.807, 2.05) is 24.3 Å². The highest BCUT2D eigenvalue weighted by atomic mass is 32.2. The normalized spacial score (nSPS) is 12.0. The van der Waals surface area contributed by atoms with Crippen molar-refractivity contribution in [3.63, 3.8) is 0 Å². The van der Waals surface area contributed by atoms with Gasteiger partial charge in [0, 0.05) is 12.3 Å². The second-order valence-electron chi connectivity index (χ2n) is 6.79. The first-order valence-electron chi connectivity index (χ1n) is 9.60. The zero-order chi connectivity index (χ0) is 22.3. The molecule has 0 fully saturated rings. The van der Waals surface area contributed by atoms with Crippen molar-refractivity contribution in [3.05, 3.63) is 72.3 Å². The fourth-order valence-electron chi connectivity index (χ4n) is 2.67. The van der Waals surface area contributed by atoms with Gasteiger partial charge in [-0.3, -0.25) is 0 Å². The molecule has 9 nitrogen and oxygen atoms in total. The summed E-state index contributed by atoms with van der Waals surface area (Å²) in [6.07, 6.45) is 3.10. The van der Waals surface area contributed by atoms with Crippen molar-refractivity contribution >= 4 is 19.9 Å². The Morgan fingerprint density at radius 2 is 1.65 bits per heavy atom. The molecular weight excluding hydrogens is 440 g/mol. The predicted molar refractivity (Wildman–Crippen MR) is 116 cm³/mol. The van der Waals surface area contributed by atoms with Gasteiger partial charge in [-0.05, 0) is 35.4 Å². The lowest BCUT2D eigenvalue weighted by Gasteiger charge is -2.10. The molecule has 0 spiro atoms. The number of rotatable bonds is 11. The first-order valence-corrected chi connectivity index (χ1v) is 12.9. The van der Waals surface area contributed by atoms with Crippen molar-refractivity contribution in [1.29, 1.82) is 0 Å². The van der Waals surface area contributed by atoms with E-state index < -0.39 is 19.9 Å². The molecule has 0 aliphatic rings. The lowest BCUT2D eigenvalue weighted by molar-refractivity contribution is 0.340. The van der Waals surface area contributed by atoms with Crippen LogP contribution in [0.25, 0.3) is 0 Å². The fourth-order valence-corrected chi connectivity index (χ4v) is 4.32. The van der Waals surface area contributed by atoms with Gasteiger partial charge in [0.1, 0.15) is 25.0 Å². The molecule has 166 valence electrons. The van der Waals surface area contributed by atoms with Crippen molar-refractivity contribution in [3.8, 4) is 5.75 Å². The van der Waals surface area contributed by atoms with E-state index in [0.29, 0.717) is 12.3 Å². The number of hydrogen-bond donors (Lipinski definition) is 1. The Balaban J connectivity index is 1.53. The first kappa shape index (κ1) is 22.9. The Labute approximate surface area is 182 Å². The molecule has 31 heavy (non-hydrogen) atoms. The van der Waals surface area contributed by atoms with Crippen LogP contribution >= 0.6 is 0 Å². The molecule has 0 saturated carbocycles. The second kappa shape index (κ2) is 10.0. The van der Waals surface area contributed by atoms with Crippen molar-refractivity contribution in [2.24, 2.45) is 0 Å². The number of hydrogen-bond acceptors (Lipinski definition) is 7. The summed E-state index contributed by atoms with van der Waals surface area (Å²) in [5.41, 5.74) is 1.85. The number of nitrogens with zero attached hydrogens (tertiary/aromatic N) is 3. The molecule has 11 heteroatoms. The third-order valence-electron chi connectivity index (χ3n) is 4.54. The van der Waals surface area contributed by atoms with Crippen molar-refractivity contribution in [2.75, 3.05) is 18.1 Å². The molecule has 0 unspecified atom stereocenters. The smallest absolute Gasteiger partial charge is 0.240 e. The minimum absolute atomic E-state index is 0.0213. The topological polar surface area (TPSA) is 120 Å². The summed E-state index contributed by atoms with van der Waals surface area (Å²) in [5, 5.41) is 4.05. The molecule has 0 amide bonds. The Morgan fingerprint density at radius 3 is 2.26 bits per heavy atom. The van der Waals surface area contributed by atoms with Crippen LogP contribution in [0.1, 0.15) is 18.1 Å². The summed E-state index contributed by atoms with van der Waals surface area (Å²) < 4.78 is 57.7. The van der Waals surface area contributed by atoms with Crippen LogP contribution in [0.5, 0.6) is 5.75 Å². The Hall–Kier alpha value is -2.76. The first-order chi connectivity index (χ1) is 14.8. The van der Waals surface area contributed by atoms with E-state index in [9.17, 15) is 16.8 Å². The zero-order valence-electron chi connectivity index (χ0n) is 17.0. The van der Waals surface area contributed by atoms with Crippen LogP contribution in [0.2, 0.25) is 0 Å².